The first-order chi connectivity index (χ1) is 39.0. The summed E-state index contributed by atoms with van der Waals surface area (Å²) in [6.07, 6.45) is -12.1. The highest BCUT2D eigenvalue weighted by Crippen LogP contribution is 2.35. The summed E-state index contributed by atoms with van der Waals surface area (Å²) in [5.74, 6) is -1.92. The highest BCUT2D eigenvalue weighted by Gasteiger charge is 2.53. The molecule has 0 saturated carbocycles. The van der Waals surface area contributed by atoms with Crippen molar-refractivity contribution in [3.8, 4) is 5.75 Å². The number of carbonyl (C=O) groups excluding carboxylic acids is 6. The van der Waals surface area contributed by atoms with E-state index in [1.54, 1.807) is 36.0 Å². The Kier molecular flexibility index (Phi) is 18.5. The molecule has 4 heterocycles. The number of piperazine rings is 2. The number of hydrogen-bond acceptors (Lipinski definition) is 11. The number of methoxy groups -OCH3 is 1. The second-order valence-corrected chi connectivity index (χ2v) is 20.8. The number of hydrogen-bond donors (Lipinski definition) is 2. The molecule has 23 heteroatoms. The average molecular weight is 1140 g/mol. The second-order valence-electron chi connectivity index (χ2n) is 20.8. The van der Waals surface area contributed by atoms with Crippen molar-refractivity contribution in [3.63, 3.8) is 0 Å². The number of nitrogens with two attached hydrogens (primary N) is 2. The zero-order chi connectivity index (χ0) is 59.2. The van der Waals surface area contributed by atoms with Crippen molar-refractivity contribution < 1.29 is 69.3 Å². The van der Waals surface area contributed by atoms with E-state index in [4.69, 9.17) is 25.7 Å². The van der Waals surface area contributed by atoms with Crippen molar-refractivity contribution >= 4 is 35.8 Å². The van der Waals surface area contributed by atoms with Crippen LogP contribution in [0.4, 0.5) is 35.9 Å². The van der Waals surface area contributed by atoms with Gasteiger partial charge in [-0.1, -0.05) is 103 Å². The van der Waals surface area contributed by atoms with Crippen LogP contribution in [-0.2, 0) is 73.7 Å². The largest absolute Gasteiger partial charge is 0.497 e. The highest BCUT2D eigenvalue weighted by atomic mass is 19.4. The normalized spacial score (nSPS) is 21.1. The van der Waals surface area contributed by atoms with E-state index >= 15 is 0 Å². The Balaban J connectivity index is 0.000000219. The second kappa shape index (κ2) is 25.3. The maximum absolute atomic E-state index is 14.0. The molecule has 0 aromatic heterocycles. The number of nitrogens with zero attached hydrogens (tertiary/aromatic N) is 6. The fourth-order valence-corrected chi connectivity index (χ4v) is 10.9. The van der Waals surface area contributed by atoms with Gasteiger partial charge in [0.2, 0.25) is 23.6 Å². The number of fused-ring (bicyclic) bond motifs is 2. The molecule has 0 radical (unpaired) electrons. The highest BCUT2D eigenvalue weighted by molar-refractivity contribution is 5.93. The molecule has 4 aliphatic rings. The first-order valence-electron chi connectivity index (χ1n) is 26.5. The van der Waals surface area contributed by atoms with E-state index in [1.807, 2.05) is 72.8 Å². The summed E-state index contributed by atoms with van der Waals surface area (Å²) < 4.78 is 96.1. The number of rotatable bonds is 13. The number of aryl methyl sites for hydroxylation is 2. The van der Waals surface area contributed by atoms with Crippen LogP contribution in [0, 0.1) is 25.7 Å². The van der Waals surface area contributed by atoms with Crippen LogP contribution in [0.3, 0.4) is 0 Å². The fourth-order valence-electron chi connectivity index (χ4n) is 10.9. The van der Waals surface area contributed by atoms with E-state index in [0.717, 1.165) is 41.0 Å². The SMILES string of the molecule is COc1ccc(C[C@H]2CN(C(=O)OCc3cc(C)cc(C(F)(F)F)c3)[C@H]3CN(Cc4ccccc4)C(=O)[C@H](CN)N3C2=O)cc1.Cc1cc(COC(=O)N2C[C@H](C)C(=O)N3[C@@H]2CN(Cc2ccccc2)C(=O)[C@@H]3CN)cc(C(F)(F)F)c1. The lowest BCUT2D eigenvalue weighted by atomic mass is 9.91. The molecule has 6 amide bonds. The van der Waals surface area contributed by atoms with Crippen LogP contribution < -0.4 is 16.2 Å². The Morgan fingerprint density at radius 2 is 0.963 bits per heavy atom. The molecule has 9 rings (SSSR count). The summed E-state index contributed by atoms with van der Waals surface area (Å²) >= 11 is 0. The minimum atomic E-state index is -4.55. The molecule has 4 fully saturated rings. The maximum atomic E-state index is 14.0. The lowest BCUT2D eigenvalue weighted by Crippen LogP contribution is -2.74. The molecule has 4 N–H and O–H groups in total. The summed E-state index contributed by atoms with van der Waals surface area (Å²) in [7, 11) is 1.55. The van der Waals surface area contributed by atoms with Crippen LogP contribution in [0.2, 0.25) is 0 Å². The molecule has 0 spiro atoms. The van der Waals surface area contributed by atoms with E-state index in [1.165, 1.54) is 45.6 Å². The number of carbonyl (C=O) groups is 6. The van der Waals surface area contributed by atoms with Crippen LogP contribution in [0.5, 0.6) is 5.75 Å². The van der Waals surface area contributed by atoms with Crippen LogP contribution >= 0.6 is 0 Å². The summed E-state index contributed by atoms with van der Waals surface area (Å²) in [6, 6.07) is 30.8. The van der Waals surface area contributed by atoms with Crippen LogP contribution in [0.1, 0.15) is 57.0 Å². The van der Waals surface area contributed by atoms with Crippen LogP contribution in [-0.4, -0.2) is 136 Å². The Morgan fingerprint density at radius 3 is 1.38 bits per heavy atom. The molecule has 6 atom stereocenters. The van der Waals surface area contributed by atoms with Crippen molar-refractivity contribution in [2.75, 3.05) is 46.4 Å². The molecule has 4 saturated heterocycles. The van der Waals surface area contributed by atoms with Crippen molar-refractivity contribution in [3.05, 3.63) is 171 Å². The van der Waals surface area contributed by atoms with Gasteiger partial charge < -0.3 is 45.3 Å². The Bertz CT molecular complexity index is 3120. The molecule has 0 unspecified atom stereocenters. The van der Waals surface area contributed by atoms with Crippen molar-refractivity contribution in [2.24, 2.45) is 23.3 Å². The Hall–Kier alpha value is -8.18. The van der Waals surface area contributed by atoms with Gasteiger partial charge in [-0.2, -0.15) is 26.3 Å². The topological polar surface area (TPSA) is 202 Å². The average Bonchev–Trinajstić information content (AvgIpc) is 3.58. The molecule has 5 aromatic carbocycles. The van der Waals surface area contributed by atoms with E-state index in [2.05, 4.69) is 0 Å². The first kappa shape index (κ1) is 59.9. The van der Waals surface area contributed by atoms with Gasteiger partial charge in [0.05, 0.1) is 43.2 Å². The third kappa shape index (κ3) is 13.8. The summed E-state index contributed by atoms with van der Waals surface area (Å²) in [6.45, 7) is 4.27. The predicted octanol–water partition coefficient (Wildman–Crippen LogP) is 7.48. The number of amides is 6. The number of benzene rings is 5. The van der Waals surface area contributed by atoms with Crippen molar-refractivity contribution in [2.45, 2.75) is 90.3 Å². The van der Waals surface area contributed by atoms with Gasteiger partial charge in [0, 0.05) is 39.3 Å². The molecule has 0 bridgehead atoms. The van der Waals surface area contributed by atoms with Gasteiger partial charge in [-0.3, -0.25) is 29.0 Å². The molecule has 436 valence electrons. The van der Waals surface area contributed by atoms with Gasteiger partial charge in [-0.05, 0) is 84.5 Å². The van der Waals surface area contributed by atoms with Crippen molar-refractivity contribution in [1.82, 2.24) is 29.4 Å². The molecular weight excluding hydrogens is 1080 g/mol. The molecule has 5 aromatic rings. The Morgan fingerprint density at radius 1 is 0.537 bits per heavy atom. The number of alkyl halides is 6. The predicted molar refractivity (Wildman–Crippen MR) is 286 cm³/mol. The lowest BCUT2D eigenvalue weighted by Gasteiger charge is -2.53. The molecule has 82 heavy (non-hydrogen) atoms. The third-order valence-electron chi connectivity index (χ3n) is 14.8. The Labute approximate surface area is 470 Å². The summed E-state index contributed by atoms with van der Waals surface area (Å²) in [5, 5.41) is 0. The molecule has 17 nitrogen and oxygen atoms in total. The van der Waals surface area contributed by atoms with Crippen LogP contribution in [0.25, 0.3) is 0 Å². The van der Waals surface area contributed by atoms with Crippen LogP contribution in [0.15, 0.2) is 121 Å². The minimum absolute atomic E-state index is 0.0167. The maximum Gasteiger partial charge on any atom is 0.416 e. The van der Waals surface area contributed by atoms with E-state index in [-0.39, 0.29) is 100 Å². The standard InChI is InChI=1S/C33H35F3N4O5.C26H29F3N4O4/c1-21-12-24(15-26(13-21)33(34,35)36)20-45-32(43)39-18-25(14-22-8-10-27(44-2)11-9-22)30(41)40-28(16-37)31(42)38(19-29(39)40)17-23-6-4-3-5-7-23;1-16-8-19(10-20(9-16)26(27,28)29)15-37-25(36)32-12-17(2)23(34)33-21(11-30)24(35)31(14-22(32)33)13-18-6-4-3-5-7-18/h3-13,15,25,28-29H,14,16-20,37H2,1-2H3;3-10,17,21-22H,11-15,30H2,1-2H3/t25-,28-,29+;17-,21-,22+/m00/s1. The first-order valence-corrected chi connectivity index (χ1v) is 26.5. The van der Waals surface area contributed by atoms with E-state index < -0.39 is 78.5 Å². The van der Waals surface area contributed by atoms with Crippen molar-refractivity contribution in [1.29, 1.82) is 0 Å². The zero-order valence-corrected chi connectivity index (χ0v) is 45.6. The van der Waals surface area contributed by atoms with Gasteiger partial charge >= 0.3 is 24.5 Å². The molecule has 0 aliphatic carbocycles. The van der Waals surface area contributed by atoms with E-state index in [0.29, 0.717) is 16.9 Å². The summed E-state index contributed by atoms with van der Waals surface area (Å²) in [5.41, 5.74) is 14.0. The number of halogens is 6. The monoisotopic (exact) mass is 1140 g/mol. The summed E-state index contributed by atoms with van der Waals surface area (Å²) in [4.78, 5) is 89.4. The van der Waals surface area contributed by atoms with Gasteiger partial charge in [0.15, 0.2) is 0 Å². The van der Waals surface area contributed by atoms with Gasteiger partial charge in [0.25, 0.3) is 0 Å². The fraction of sp³-hybridized carbons (Fsp3) is 0.390. The lowest BCUT2D eigenvalue weighted by molar-refractivity contribution is -0.172. The smallest absolute Gasteiger partial charge is 0.416 e. The van der Waals surface area contributed by atoms with Gasteiger partial charge in [0.1, 0.15) is 43.4 Å². The number of ether oxygens (including phenoxy) is 3. The quantitative estimate of drug-likeness (QED) is 0.111. The third-order valence-corrected chi connectivity index (χ3v) is 14.8. The van der Waals surface area contributed by atoms with E-state index in [9.17, 15) is 55.1 Å². The van der Waals surface area contributed by atoms with Gasteiger partial charge in [-0.15, -0.1) is 0 Å². The molecular formula is C59H64F6N8O9. The zero-order valence-electron chi connectivity index (χ0n) is 45.6. The van der Waals surface area contributed by atoms with Gasteiger partial charge in [-0.25, -0.2) is 9.59 Å². The molecule has 4 aliphatic heterocycles. The minimum Gasteiger partial charge on any atom is -0.497 e.